The molecule has 2 aliphatic rings. The predicted molar refractivity (Wildman–Crippen MR) is 128 cm³/mol. The maximum Gasteiger partial charge on any atom is 0.242 e. The highest BCUT2D eigenvalue weighted by Gasteiger charge is 2.36. The van der Waals surface area contributed by atoms with Gasteiger partial charge in [-0.15, -0.1) is 11.3 Å². The summed E-state index contributed by atoms with van der Waals surface area (Å²) >= 11 is 1.69. The molecule has 2 aromatic rings. The molecular weight excluding hydrogens is 439 g/mol. The zero-order valence-electron chi connectivity index (χ0n) is 19.5. The van der Waals surface area contributed by atoms with E-state index in [2.05, 4.69) is 13.0 Å². The highest BCUT2D eigenvalue weighted by molar-refractivity contribution is 7.10. The Labute approximate surface area is 199 Å². The van der Waals surface area contributed by atoms with Gasteiger partial charge in [0.2, 0.25) is 11.8 Å². The summed E-state index contributed by atoms with van der Waals surface area (Å²) in [5.74, 6) is 0.211. The smallest absolute Gasteiger partial charge is 0.242 e. The van der Waals surface area contributed by atoms with E-state index in [1.807, 2.05) is 17.2 Å². The molecule has 2 heterocycles. The molecule has 33 heavy (non-hydrogen) atoms. The lowest BCUT2D eigenvalue weighted by Crippen LogP contribution is -2.51. The third kappa shape index (κ3) is 5.40. The Morgan fingerprint density at radius 2 is 2.06 bits per heavy atom. The SMILES string of the molecule is CC[C@@H](C)N(CC(=O)N1CCc2sccc2[C@H]1COc1cccc(F)c1)C(=O)C1CCCC1. The van der Waals surface area contributed by atoms with Crippen LogP contribution < -0.4 is 4.74 Å². The van der Waals surface area contributed by atoms with Crippen LogP contribution in [0.15, 0.2) is 35.7 Å². The summed E-state index contributed by atoms with van der Waals surface area (Å²) in [6.45, 7) is 5.02. The lowest BCUT2D eigenvalue weighted by molar-refractivity contribution is -0.146. The van der Waals surface area contributed by atoms with Gasteiger partial charge in [-0.3, -0.25) is 9.59 Å². The van der Waals surface area contributed by atoms with Gasteiger partial charge >= 0.3 is 0 Å². The van der Waals surface area contributed by atoms with Crippen LogP contribution in [0, 0.1) is 11.7 Å². The van der Waals surface area contributed by atoms with Crippen molar-refractivity contribution in [3.63, 3.8) is 0 Å². The molecular formula is C26H33FN2O3S. The Kier molecular flexibility index (Phi) is 7.68. The second-order valence-corrected chi connectivity index (χ2v) is 10.1. The van der Waals surface area contributed by atoms with Gasteiger partial charge in [-0.05, 0) is 61.7 Å². The standard InChI is InChI=1S/C26H33FN2O3S/c1-3-18(2)29(26(31)19-7-4-5-8-19)16-25(30)28-13-11-24-22(12-14-33-24)23(28)17-32-21-10-6-9-20(27)15-21/h6,9-10,12,14-15,18-19,23H,3-5,7-8,11,13,16-17H2,1-2H3/t18-,23-/m1/s1. The summed E-state index contributed by atoms with van der Waals surface area (Å²) in [6, 6.07) is 7.89. The fourth-order valence-electron chi connectivity index (χ4n) is 4.92. The van der Waals surface area contributed by atoms with E-state index in [-0.39, 0.29) is 48.8 Å². The normalized spacial score (nSPS) is 19.2. The van der Waals surface area contributed by atoms with Crippen LogP contribution in [0.4, 0.5) is 4.39 Å². The van der Waals surface area contributed by atoms with Crippen molar-refractivity contribution in [1.82, 2.24) is 9.80 Å². The van der Waals surface area contributed by atoms with Gasteiger partial charge in [0, 0.05) is 29.4 Å². The molecule has 0 bridgehead atoms. The molecule has 4 rings (SSSR count). The number of rotatable bonds is 8. The first-order chi connectivity index (χ1) is 16.0. The van der Waals surface area contributed by atoms with Crippen molar-refractivity contribution in [2.24, 2.45) is 5.92 Å². The number of carbonyl (C=O) groups is 2. The molecule has 0 saturated heterocycles. The zero-order chi connectivity index (χ0) is 23.4. The number of hydrogen-bond acceptors (Lipinski definition) is 4. The number of halogens is 1. The highest BCUT2D eigenvalue weighted by Crippen LogP contribution is 2.34. The van der Waals surface area contributed by atoms with Crippen LogP contribution in [-0.4, -0.2) is 47.4 Å². The van der Waals surface area contributed by atoms with E-state index in [0.717, 1.165) is 44.1 Å². The quantitative estimate of drug-likeness (QED) is 0.530. The first-order valence-corrected chi connectivity index (χ1v) is 12.9. The van der Waals surface area contributed by atoms with Gasteiger partial charge in [0.15, 0.2) is 0 Å². The van der Waals surface area contributed by atoms with Gasteiger partial charge in [0.25, 0.3) is 0 Å². The van der Waals surface area contributed by atoms with Crippen molar-refractivity contribution in [2.75, 3.05) is 19.7 Å². The first kappa shape index (κ1) is 23.7. The van der Waals surface area contributed by atoms with Crippen molar-refractivity contribution < 1.29 is 18.7 Å². The van der Waals surface area contributed by atoms with Gasteiger partial charge in [0.1, 0.15) is 24.7 Å². The van der Waals surface area contributed by atoms with Crippen molar-refractivity contribution in [2.45, 2.75) is 64.5 Å². The predicted octanol–water partition coefficient (Wildman–Crippen LogP) is 5.21. The molecule has 178 valence electrons. The van der Waals surface area contributed by atoms with Crippen molar-refractivity contribution in [3.05, 3.63) is 52.0 Å². The third-order valence-corrected chi connectivity index (χ3v) is 8.03. The van der Waals surface area contributed by atoms with E-state index in [9.17, 15) is 14.0 Å². The average molecular weight is 473 g/mol. The van der Waals surface area contributed by atoms with Crippen molar-refractivity contribution in [3.8, 4) is 5.75 Å². The Balaban J connectivity index is 1.51. The number of benzene rings is 1. The fourth-order valence-corrected chi connectivity index (χ4v) is 5.85. The molecule has 2 amide bonds. The van der Waals surface area contributed by atoms with Crippen molar-refractivity contribution >= 4 is 23.2 Å². The van der Waals surface area contributed by atoms with E-state index < -0.39 is 0 Å². The number of nitrogens with zero attached hydrogens (tertiary/aromatic N) is 2. The van der Waals surface area contributed by atoms with E-state index in [4.69, 9.17) is 4.74 Å². The van der Waals surface area contributed by atoms with Gasteiger partial charge in [-0.2, -0.15) is 0 Å². The Morgan fingerprint density at radius 3 is 2.79 bits per heavy atom. The summed E-state index contributed by atoms with van der Waals surface area (Å²) in [5, 5.41) is 2.04. The maximum atomic E-state index is 13.6. The number of fused-ring (bicyclic) bond motifs is 1. The molecule has 7 heteroatoms. The zero-order valence-corrected chi connectivity index (χ0v) is 20.3. The van der Waals surface area contributed by atoms with E-state index >= 15 is 0 Å². The number of ether oxygens (including phenoxy) is 1. The van der Waals surface area contributed by atoms with Gasteiger partial charge < -0.3 is 14.5 Å². The molecule has 1 aromatic heterocycles. The summed E-state index contributed by atoms with van der Waals surface area (Å²) in [6.07, 6.45) is 5.64. The number of carbonyl (C=O) groups excluding carboxylic acids is 2. The minimum atomic E-state index is -0.352. The summed E-state index contributed by atoms with van der Waals surface area (Å²) in [5.41, 5.74) is 1.09. The monoisotopic (exact) mass is 472 g/mol. The van der Waals surface area contributed by atoms with Crippen LogP contribution in [0.1, 0.15) is 62.4 Å². The lowest BCUT2D eigenvalue weighted by Gasteiger charge is -2.38. The fraction of sp³-hybridized carbons (Fsp3) is 0.538. The molecule has 5 nitrogen and oxygen atoms in total. The van der Waals surface area contributed by atoms with E-state index in [1.54, 1.807) is 28.4 Å². The van der Waals surface area contributed by atoms with E-state index in [1.165, 1.54) is 17.0 Å². The molecule has 0 spiro atoms. The lowest BCUT2D eigenvalue weighted by atomic mass is 10.00. The minimum absolute atomic E-state index is 0.0190. The maximum absolute atomic E-state index is 13.6. The molecule has 2 atom stereocenters. The largest absolute Gasteiger partial charge is 0.491 e. The topological polar surface area (TPSA) is 49.9 Å². The number of amides is 2. The van der Waals surface area contributed by atoms with Gasteiger partial charge in [-0.1, -0.05) is 25.8 Å². The Morgan fingerprint density at radius 1 is 1.27 bits per heavy atom. The second-order valence-electron chi connectivity index (χ2n) is 9.13. The molecule has 0 radical (unpaired) electrons. The first-order valence-electron chi connectivity index (χ1n) is 12.0. The molecule has 0 N–H and O–H groups in total. The van der Waals surface area contributed by atoms with Crippen LogP contribution in [0.25, 0.3) is 0 Å². The Bertz CT molecular complexity index is 972. The number of thiophene rings is 1. The third-order valence-electron chi connectivity index (χ3n) is 7.04. The second kappa shape index (κ2) is 10.7. The summed E-state index contributed by atoms with van der Waals surface area (Å²) in [4.78, 5) is 31.7. The summed E-state index contributed by atoms with van der Waals surface area (Å²) < 4.78 is 19.5. The van der Waals surface area contributed by atoms with Crippen molar-refractivity contribution in [1.29, 1.82) is 0 Å². The minimum Gasteiger partial charge on any atom is -0.491 e. The van der Waals surface area contributed by atoms with Crippen LogP contribution in [0.3, 0.4) is 0 Å². The average Bonchev–Trinajstić information content (AvgIpc) is 3.52. The molecule has 1 aromatic carbocycles. The van der Waals surface area contributed by atoms with Gasteiger partial charge in [-0.25, -0.2) is 4.39 Å². The van der Waals surface area contributed by atoms with Crippen LogP contribution >= 0.6 is 11.3 Å². The summed E-state index contributed by atoms with van der Waals surface area (Å²) in [7, 11) is 0. The van der Waals surface area contributed by atoms with Crippen LogP contribution in [0.5, 0.6) is 5.75 Å². The van der Waals surface area contributed by atoms with E-state index in [0.29, 0.717) is 12.3 Å². The molecule has 0 unspecified atom stereocenters. The molecule has 1 saturated carbocycles. The number of hydrogen-bond donors (Lipinski definition) is 0. The molecule has 1 aliphatic heterocycles. The molecule has 1 fully saturated rings. The Hall–Kier alpha value is -2.41. The van der Waals surface area contributed by atoms with Crippen LogP contribution in [0.2, 0.25) is 0 Å². The van der Waals surface area contributed by atoms with Crippen LogP contribution in [-0.2, 0) is 16.0 Å². The highest BCUT2D eigenvalue weighted by atomic mass is 32.1. The molecule has 1 aliphatic carbocycles. The van der Waals surface area contributed by atoms with Gasteiger partial charge in [0.05, 0.1) is 6.04 Å².